The molecule has 0 radical (unpaired) electrons. The van der Waals surface area contributed by atoms with Crippen LogP contribution in [0.2, 0.25) is 0 Å². The summed E-state index contributed by atoms with van der Waals surface area (Å²) in [5, 5.41) is 15.4. The van der Waals surface area contributed by atoms with E-state index in [1.54, 1.807) is 14.1 Å². The standard InChI is InChI=1S/C39H50N8O5/c1-38(2,3)51-36(48)44(21-25-10-9-11-25)23-29-17-27-14-13-26(16-33(27)46(29)37(49)52-39(4,5)6)22-45-24-32(42-43-45)30-18-28(40)19-34-31(30)20-41-47(34)35-12-7-8-15-50-35/h13-14,16-20,24-25,35H,7-12,15,21-23,40H2,1-6H3. The number of amides is 1. The van der Waals surface area contributed by atoms with Crippen molar-refractivity contribution >= 4 is 39.7 Å². The van der Waals surface area contributed by atoms with Gasteiger partial charge in [-0.2, -0.15) is 5.10 Å². The third kappa shape index (κ3) is 7.79. The van der Waals surface area contributed by atoms with E-state index in [0.717, 1.165) is 72.5 Å². The fraction of sp³-hybridized carbons (Fsp3) is 0.513. The van der Waals surface area contributed by atoms with Gasteiger partial charge in [-0.15, -0.1) is 5.10 Å². The number of hydrogen-bond acceptors (Lipinski definition) is 9. The fourth-order valence-electron chi connectivity index (χ4n) is 6.97. The van der Waals surface area contributed by atoms with E-state index in [1.807, 2.05) is 95.0 Å². The molecule has 52 heavy (non-hydrogen) atoms. The number of rotatable bonds is 8. The van der Waals surface area contributed by atoms with E-state index < -0.39 is 23.4 Å². The van der Waals surface area contributed by atoms with Crippen LogP contribution in [0.25, 0.3) is 33.1 Å². The minimum atomic E-state index is -0.720. The second-order valence-electron chi connectivity index (χ2n) is 16.2. The molecule has 2 aliphatic rings. The summed E-state index contributed by atoms with van der Waals surface area (Å²) in [6.45, 7) is 13.0. The van der Waals surface area contributed by atoms with Crippen molar-refractivity contribution in [3.8, 4) is 11.3 Å². The number of aromatic nitrogens is 6. The molecule has 276 valence electrons. The number of benzene rings is 2. The monoisotopic (exact) mass is 710 g/mol. The number of carbonyl (C=O) groups is 2. The Labute approximate surface area is 304 Å². The molecule has 1 saturated carbocycles. The van der Waals surface area contributed by atoms with E-state index >= 15 is 0 Å². The maximum atomic E-state index is 13.8. The summed E-state index contributed by atoms with van der Waals surface area (Å²) >= 11 is 0. The molecule has 0 bridgehead atoms. The predicted octanol–water partition coefficient (Wildman–Crippen LogP) is 7.90. The third-order valence-corrected chi connectivity index (χ3v) is 9.56. The average molecular weight is 711 g/mol. The van der Waals surface area contributed by atoms with E-state index in [4.69, 9.17) is 19.9 Å². The number of anilines is 1. The van der Waals surface area contributed by atoms with Gasteiger partial charge in [0.15, 0.2) is 6.23 Å². The first kappa shape index (κ1) is 35.5. The van der Waals surface area contributed by atoms with Crippen LogP contribution in [-0.2, 0) is 27.3 Å². The quantitative estimate of drug-likeness (QED) is 0.159. The van der Waals surface area contributed by atoms with Crippen molar-refractivity contribution in [1.82, 2.24) is 34.2 Å². The van der Waals surface area contributed by atoms with Gasteiger partial charge in [-0.1, -0.05) is 23.8 Å². The number of hydrogen-bond donors (Lipinski definition) is 1. The second-order valence-corrected chi connectivity index (χ2v) is 16.2. The zero-order chi connectivity index (χ0) is 36.8. The highest BCUT2D eigenvalue weighted by atomic mass is 16.6. The maximum absolute atomic E-state index is 13.8. The minimum absolute atomic E-state index is 0.116. The van der Waals surface area contributed by atoms with Crippen LogP contribution >= 0.6 is 0 Å². The predicted molar refractivity (Wildman–Crippen MR) is 199 cm³/mol. The topological polar surface area (TPSA) is 145 Å². The summed E-state index contributed by atoms with van der Waals surface area (Å²) in [5.74, 6) is 0.413. The Balaban J connectivity index is 1.19. The van der Waals surface area contributed by atoms with Crippen LogP contribution in [0, 0.1) is 5.92 Å². The molecule has 5 aromatic rings. The molecule has 1 aliphatic carbocycles. The van der Waals surface area contributed by atoms with Gasteiger partial charge in [0, 0.05) is 40.9 Å². The summed E-state index contributed by atoms with van der Waals surface area (Å²) < 4.78 is 23.0. The van der Waals surface area contributed by atoms with Crippen LogP contribution in [0.1, 0.15) is 97.6 Å². The van der Waals surface area contributed by atoms with Crippen LogP contribution in [0.15, 0.2) is 48.8 Å². The van der Waals surface area contributed by atoms with Crippen molar-refractivity contribution in [3.05, 3.63) is 60.0 Å². The Hall–Kier alpha value is -4.91. The van der Waals surface area contributed by atoms with E-state index in [-0.39, 0.29) is 12.8 Å². The van der Waals surface area contributed by atoms with Gasteiger partial charge in [0.25, 0.3) is 0 Å². The van der Waals surface area contributed by atoms with Gasteiger partial charge in [0.1, 0.15) is 16.9 Å². The molecule has 13 nitrogen and oxygen atoms in total. The largest absolute Gasteiger partial charge is 0.444 e. The molecular weight excluding hydrogens is 660 g/mol. The van der Waals surface area contributed by atoms with Crippen molar-refractivity contribution < 1.29 is 23.8 Å². The number of nitrogen functional groups attached to an aromatic ring is 1. The summed E-state index contributed by atoms with van der Waals surface area (Å²) in [5.41, 5.74) is 10.3. The molecule has 1 saturated heterocycles. The molecule has 1 unspecified atom stereocenters. The Morgan fingerprint density at radius 2 is 1.75 bits per heavy atom. The maximum Gasteiger partial charge on any atom is 0.419 e. The van der Waals surface area contributed by atoms with Crippen LogP contribution in [0.3, 0.4) is 0 Å². The first-order valence-corrected chi connectivity index (χ1v) is 18.3. The van der Waals surface area contributed by atoms with Crippen LogP contribution < -0.4 is 5.73 Å². The number of ether oxygens (including phenoxy) is 3. The second kappa shape index (κ2) is 13.9. The highest BCUT2D eigenvalue weighted by Crippen LogP contribution is 2.34. The first-order valence-electron chi connectivity index (χ1n) is 18.3. The van der Waals surface area contributed by atoms with Crippen LogP contribution in [-0.4, -0.2) is 70.8 Å². The molecule has 3 aromatic heterocycles. The minimum Gasteiger partial charge on any atom is -0.444 e. The Kier molecular flexibility index (Phi) is 9.49. The molecule has 2 aromatic carbocycles. The summed E-state index contributed by atoms with van der Waals surface area (Å²) in [4.78, 5) is 29.0. The molecule has 4 heterocycles. The summed E-state index contributed by atoms with van der Waals surface area (Å²) in [7, 11) is 0. The molecular formula is C39H50N8O5. The molecule has 13 heteroatoms. The lowest BCUT2D eigenvalue weighted by Crippen LogP contribution is -2.41. The number of fused-ring (bicyclic) bond motifs is 2. The SMILES string of the molecule is CC(C)(C)OC(=O)N(Cc1cc2ccc(Cn3cc(-c4cc(N)cc5c4cnn5C4CCCCO4)nn3)cc2n1C(=O)OC(C)(C)C)CC1CCC1. The summed E-state index contributed by atoms with van der Waals surface area (Å²) in [6.07, 6.45) is 9.08. The Bertz CT molecular complexity index is 2090. The van der Waals surface area contributed by atoms with E-state index in [9.17, 15) is 9.59 Å². The van der Waals surface area contributed by atoms with Crippen LogP contribution in [0.4, 0.5) is 15.3 Å². The lowest BCUT2D eigenvalue weighted by molar-refractivity contribution is -0.0366. The number of nitrogens with two attached hydrogens (primary N) is 1. The average Bonchev–Trinajstić information content (AvgIpc) is 3.77. The Morgan fingerprint density at radius 1 is 0.962 bits per heavy atom. The Morgan fingerprint density at radius 3 is 2.44 bits per heavy atom. The third-order valence-electron chi connectivity index (χ3n) is 9.56. The molecule has 1 atom stereocenters. The van der Waals surface area contributed by atoms with Gasteiger partial charge < -0.3 is 24.8 Å². The van der Waals surface area contributed by atoms with E-state index in [2.05, 4.69) is 15.4 Å². The number of carbonyl (C=O) groups excluding carboxylic acids is 2. The van der Waals surface area contributed by atoms with Gasteiger partial charge in [-0.05, 0) is 109 Å². The molecule has 2 fully saturated rings. The van der Waals surface area contributed by atoms with E-state index in [1.165, 1.54) is 0 Å². The molecule has 0 spiro atoms. The highest BCUT2D eigenvalue weighted by Gasteiger charge is 2.30. The van der Waals surface area contributed by atoms with Gasteiger partial charge in [0.05, 0.1) is 36.5 Å². The fourth-order valence-corrected chi connectivity index (χ4v) is 6.97. The zero-order valence-electron chi connectivity index (χ0n) is 31.1. The molecule has 7 rings (SSSR count). The van der Waals surface area contributed by atoms with Crippen molar-refractivity contribution in [3.63, 3.8) is 0 Å². The van der Waals surface area contributed by atoms with Gasteiger partial charge in [0.2, 0.25) is 0 Å². The smallest absolute Gasteiger partial charge is 0.419 e. The number of nitrogens with zero attached hydrogens (tertiary/aromatic N) is 7. The van der Waals surface area contributed by atoms with Crippen molar-refractivity contribution in [2.75, 3.05) is 18.9 Å². The van der Waals surface area contributed by atoms with E-state index in [0.29, 0.717) is 41.6 Å². The molecule has 1 amide bonds. The first-order chi connectivity index (χ1) is 24.7. The normalized spacial score (nSPS) is 17.0. The van der Waals surface area contributed by atoms with Gasteiger partial charge in [-0.25, -0.2) is 23.5 Å². The molecule has 1 aliphatic heterocycles. The highest BCUT2D eigenvalue weighted by molar-refractivity contribution is 5.96. The summed E-state index contributed by atoms with van der Waals surface area (Å²) in [6, 6.07) is 11.8. The lowest BCUT2D eigenvalue weighted by atomic mass is 9.85. The van der Waals surface area contributed by atoms with Crippen molar-refractivity contribution in [2.45, 2.75) is 111 Å². The van der Waals surface area contributed by atoms with Crippen molar-refractivity contribution in [1.29, 1.82) is 0 Å². The van der Waals surface area contributed by atoms with Gasteiger partial charge >= 0.3 is 12.2 Å². The van der Waals surface area contributed by atoms with Crippen molar-refractivity contribution in [2.24, 2.45) is 5.92 Å². The lowest BCUT2D eigenvalue weighted by Gasteiger charge is -2.33. The van der Waals surface area contributed by atoms with Crippen LogP contribution in [0.5, 0.6) is 0 Å². The van der Waals surface area contributed by atoms with Gasteiger partial charge in [-0.3, -0.25) is 0 Å². The zero-order valence-corrected chi connectivity index (χ0v) is 31.1. The molecule has 2 N–H and O–H groups in total.